The Morgan fingerprint density at radius 2 is 1.62 bits per heavy atom. The highest BCUT2D eigenvalue weighted by molar-refractivity contribution is 5.97. The minimum atomic E-state index is -0.950. The smallest absolute Gasteiger partial charge is 0.328 e. The van der Waals surface area contributed by atoms with Crippen molar-refractivity contribution in [3.63, 3.8) is 0 Å². The normalized spacial score (nSPS) is 11.6. The fraction of sp³-hybridized carbons (Fsp3) is 0.0385. The van der Waals surface area contributed by atoms with E-state index in [-0.39, 0.29) is 0 Å². The Morgan fingerprint density at radius 1 is 0.862 bits per heavy atom. The number of furan rings is 1. The van der Waals surface area contributed by atoms with Crippen LogP contribution in [0.2, 0.25) is 0 Å². The van der Waals surface area contributed by atoms with Gasteiger partial charge in [0.05, 0.1) is 6.26 Å². The topological polar surface area (TPSA) is 50.4 Å². The first-order chi connectivity index (χ1) is 14.2. The molecule has 0 aliphatic rings. The second-order valence-corrected chi connectivity index (χ2v) is 6.72. The first-order valence-corrected chi connectivity index (χ1v) is 9.43. The fourth-order valence-corrected chi connectivity index (χ4v) is 3.41. The van der Waals surface area contributed by atoms with E-state index in [1.165, 1.54) is 0 Å². The number of hydrogen-bond acceptors (Lipinski definition) is 2. The Hall–Kier alpha value is -3.85. The van der Waals surface area contributed by atoms with Crippen LogP contribution < -0.4 is 0 Å². The van der Waals surface area contributed by atoms with Gasteiger partial charge in [-0.2, -0.15) is 0 Å². The van der Waals surface area contributed by atoms with Gasteiger partial charge in [0.15, 0.2) is 0 Å². The molecule has 0 aliphatic heterocycles. The average molecular weight is 380 g/mol. The molecule has 0 aliphatic carbocycles. The molecule has 0 amide bonds. The molecule has 0 bridgehead atoms. The SMILES string of the molecule is O=C(O)/C=C/c1ccccc1C/C=C/c1cccc2c(-c3ccccc3)coc12. The van der Waals surface area contributed by atoms with Gasteiger partial charge >= 0.3 is 5.97 Å². The van der Waals surface area contributed by atoms with Crippen LogP contribution in [-0.2, 0) is 11.2 Å². The van der Waals surface area contributed by atoms with Gasteiger partial charge in [-0.15, -0.1) is 0 Å². The van der Waals surface area contributed by atoms with Crippen molar-refractivity contribution in [3.8, 4) is 11.1 Å². The van der Waals surface area contributed by atoms with E-state index in [0.29, 0.717) is 6.42 Å². The quantitative estimate of drug-likeness (QED) is 0.391. The molecule has 0 radical (unpaired) electrons. The Balaban J connectivity index is 1.60. The molecule has 3 aromatic carbocycles. The molecule has 142 valence electrons. The maximum absolute atomic E-state index is 10.8. The molecule has 1 heterocycles. The number of para-hydroxylation sites is 1. The van der Waals surface area contributed by atoms with E-state index < -0.39 is 5.97 Å². The third kappa shape index (κ3) is 4.19. The van der Waals surface area contributed by atoms with Gasteiger partial charge in [-0.05, 0) is 29.2 Å². The van der Waals surface area contributed by atoms with Gasteiger partial charge in [0.25, 0.3) is 0 Å². The summed E-state index contributed by atoms with van der Waals surface area (Å²) < 4.78 is 5.90. The summed E-state index contributed by atoms with van der Waals surface area (Å²) in [6.45, 7) is 0. The molecule has 3 nitrogen and oxygen atoms in total. The minimum absolute atomic E-state index is 0.697. The van der Waals surface area contributed by atoms with Crippen LogP contribution in [0.5, 0.6) is 0 Å². The highest BCUT2D eigenvalue weighted by Crippen LogP contribution is 2.32. The van der Waals surface area contributed by atoms with Crippen LogP contribution >= 0.6 is 0 Å². The number of carboxylic acids is 1. The van der Waals surface area contributed by atoms with Gasteiger partial charge in [0.1, 0.15) is 5.58 Å². The van der Waals surface area contributed by atoms with E-state index in [1.807, 2.05) is 60.9 Å². The predicted octanol–water partition coefficient (Wildman–Crippen LogP) is 6.45. The zero-order valence-electron chi connectivity index (χ0n) is 15.8. The molecule has 0 atom stereocenters. The molecule has 0 saturated carbocycles. The summed E-state index contributed by atoms with van der Waals surface area (Å²) in [6, 6.07) is 24.1. The zero-order valence-corrected chi connectivity index (χ0v) is 15.8. The molecule has 0 spiro atoms. The van der Waals surface area contributed by atoms with Crippen molar-refractivity contribution in [2.24, 2.45) is 0 Å². The third-order valence-corrected chi connectivity index (χ3v) is 4.81. The number of aliphatic carboxylic acids is 1. The lowest BCUT2D eigenvalue weighted by Gasteiger charge is -2.03. The molecule has 1 N–H and O–H groups in total. The summed E-state index contributed by atoms with van der Waals surface area (Å²) in [6.07, 6.45) is 9.43. The number of rotatable bonds is 6. The molecular weight excluding hydrogens is 360 g/mol. The molecule has 0 fully saturated rings. The van der Waals surface area contributed by atoms with E-state index in [2.05, 4.69) is 30.4 Å². The Labute approximate surface area is 169 Å². The van der Waals surface area contributed by atoms with Crippen molar-refractivity contribution in [3.05, 3.63) is 108 Å². The van der Waals surface area contributed by atoms with Gasteiger partial charge in [0.2, 0.25) is 0 Å². The van der Waals surface area contributed by atoms with E-state index >= 15 is 0 Å². The second kappa shape index (κ2) is 8.44. The van der Waals surface area contributed by atoms with Gasteiger partial charge in [-0.1, -0.05) is 84.9 Å². The average Bonchev–Trinajstić information content (AvgIpc) is 3.19. The van der Waals surface area contributed by atoms with Gasteiger partial charge in [0, 0.05) is 22.6 Å². The highest BCUT2D eigenvalue weighted by Gasteiger charge is 2.09. The monoisotopic (exact) mass is 380 g/mol. The Kier molecular flexibility index (Phi) is 5.39. The lowest BCUT2D eigenvalue weighted by molar-refractivity contribution is -0.131. The van der Waals surface area contributed by atoms with Crippen LogP contribution in [0.1, 0.15) is 16.7 Å². The summed E-state index contributed by atoms with van der Waals surface area (Å²) >= 11 is 0. The van der Waals surface area contributed by atoms with Crippen LogP contribution in [-0.4, -0.2) is 11.1 Å². The molecule has 3 heteroatoms. The van der Waals surface area contributed by atoms with Crippen molar-refractivity contribution >= 4 is 29.1 Å². The first kappa shape index (κ1) is 18.5. The van der Waals surface area contributed by atoms with Crippen LogP contribution in [0.3, 0.4) is 0 Å². The van der Waals surface area contributed by atoms with Crippen LogP contribution in [0.25, 0.3) is 34.2 Å². The number of carbonyl (C=O) groups is 1. The second-order valence-electron chi connectivity index (χ2n) is 6.72. The standard InChI is InChI=1S/C26H20O3/c27-25(28)17-16-20-9-5-4-8-19(20)12-6-13-22-14-7-15-23-24(18-29-26(22)23)21-10-2-1-3-11-21/h1-11,13-18H,12H2,(H,27,28)/b13-6+,17-16+. The summed E-state index contributed by atoms with van der Waals surface area (Å²) in [5, 5.41) is 9.95. The molecule has 29 heavy (non-hydrogen) atoms. The molecular formula is C26H20O3. The van der Waals surface area contributed by atoms with Crippen LogP contribution in [0, 0.1) is 0 Å². The van der Waals surface area contributed by atoms with E-state index in [9.17, 15) is 4.79 Å². The van der Waals surface area contributed by atoms with Gasteiger partial charge in [-0.25, -0.2) is 4.79 Å². The summed E-state index contributed by atoms with van der Waals surface area (Å²) in [5.41, 5.74) is 6.07. The fourth-order valence-electron chi connectivity index (χ4n) is 3.41. The zero-order chi connectivity index (χ0) is 20.1. The Bertz CT molecular complexity index is 1200. The van der Waals surface area contributed by atoms with Crippen molar-refractivity contribution in [2.75, 3.05) is 0 Å². The highest BCUT2D eigenvalue weighted by atomic mass is 16.4. The number of hydrogen-bond donors (Lipinski definition) is 1. The van der Waals surface area contributed by atoms with Crippen molar-refractivity contribution in [2.45, 2.75) is 6.42 Å². The van der Waals surface area contributed by atoms with Gasteiger partial charge < -0.3 is 9.52 Å². The Morgan fingerprint density at radius 3 is 2.45 bits per heavy atom. The lowest BCUT2D eigenvalue weighted by atomic mass is 10.0. The molecule has 4 aromatic rings. The largest absolute Gasteiger partial charge is 0.478 e. The molecule has 1 aromatic heterocycles. The summed E-state index contributed by atoms with van der Waals surface area (Å²) in [5.74, 6) is -0.950. The summed E-state index contributed by atoms with van der Waals surface area (Å²) in [4.78, 5) is 10.8. The predicted molar refractivity (Wildman–Crippen MR) is 117 cm³/mol. The van der Waals surface area contributed by atoms with Crippen molar-refractivity contribution < 1.29 is 14.3 Å². The maximum atomic E-state index is 10.8. The van der Waals surface area contributed by atoms with E-state index in [4.69, 9.17) is 9.52 Å². The van der Waals surface area contributed by atoms with Crippen molar-refractivity contribution in [1.82, 2.24) is 0 Å². The number of allylic oxidation sites excluding steroid dienone is 1. The van der Waals surface area contributed by atoms with Crippen LogP contribution in [0.4, 0.5) is 0 Å². The van der Waals surface area contributed by atoms with E-state index in [0.717, 1.165) is 44.9 Å². The molecule has 0 unspecified atom stereocenters. The maximum Gasteiger partial charge on any atom is 0.328 e. The molecule has 4 rings (SSSR count). The number of carboxylic acid groups (broad SMARTS) is 1. The van der Waals surface area contributed by atoms with Gasteiger partial charge in [-0.3, -0.25) is 0 Å². The van der Waals surface area contributed by atoms with E-state index in [1.54, 1.807) is 6.08 Å². The third-order valence-electron chi connectivity index (χ3n) is 4.81. The minimum Gasteiger partial charge on any atom is -0.478 e. The number of fused-ring (bicyclic) bond motifs is 1. The number of benzene rings is 3. The van der Waals surface area contributed by atoms with Crippen LogP contribution in [0.15, 0.2) is 95.6 Å². The van der Waals surface area contributed by atoms with Crippen molar-refractivity contribution in [1.29, 1.82) is 0 Å². The molecule has 0 saturated heterocycles. The summed E-state index contributed by atoms with van der Waals surface area (Å²) in [7, 11) is 0. The lowest BCUT2D eigenvalue weighted by Crippen LogP contribution is -1.89. The first-order valence-electron chi connectivity index (χ1n) is 9.43.